The molecule has 2 unspecified atom stereocenters. The zero-order valence-electron chi connectivity index (χ0n) is 17.1. The number of carbonyl (C=O) groups is 1. The minimum Gasteiger partial charge on any atom is -0.341 e. The molecule has 1 saturated heterocycles. The molecule has 1 aliphatic rings. The first-order chi connectivity index (χ1) is 12.3. The van der Waals surface area contributed by atoms with Gasteiger partial charge in [-0.15, -0.1) is 0 Å². The fourth-order valence-corrected chi connectivity index (χ4v) is 4.32. The summed E-state index contributed by atoms with van der Waals surface area (Å²) in [5.74, 6) is 0. The molecule has 0 bridgehead atoms. The van der Waals surface area contributed by atoms with Crippen LogP contribution in [0.15, 0.2) is 30.3 Å². The van der Waals surface area contributed by atoms with E-state index in [1.165, 1.54) is 5.56 Å². The molecule has 26 heavy (non-hydrogen) atoms. The highest BCUT2D eigenvalue weighted by Crippen LogP contribution is 2.44. The van der Waals surface area contributed by atoms with Gasteiger partial charge >= 0.3 is 6.03 Å². The Morgan fingerprint density at radius 2 is 1.85 bits per heavy atom. The van der Waals surface area contributed by atoms with E-state index in [1.807, 2.05) is 18.2 Å². The number of amides is 2. The van der Waals surface area contributed by atoms with Crippen molar-refractivity contribution in [1.29, 1.82) is 0 Å². The van der Waals surface area contributed by atoms with Crippen molar-refractivity contribution in [2.75, 3.05) is 7.05 Å². The molecule has 5 nitrogen and oxygen atoms in total. The summed E-state index contributed by atoms with van der Waals surface area (Å²) < 4.78 is 0. The van der Waals surface area contributed by atoms with Crippen LogP contribution in [-0.2, 0) is 4.84 Å². The standard InChI is InChI=1S/C21H35N3O2/c1-7-21(8-2)15-18(23-19(25)22-6)14-20(4,5)24(21)26-16(3)17-12-10-9-11-13-17/h9-13,16,18H,7-8,14-15H2,1-6H3,(H2,22,23,25). The number of carbonyl (C=O) groups excluding carboxylic acids is 1. The minimum absolute atomic E-state index is 0.0172. The molecule has 146 valence electrons. The molecule has 0 saturated carbocycles. The molecule has 2 N–H and O–H groups in total. The van der Waals surface area contributed by atoms with Gasteiger partial charge in [0.2, 0.25) is 0 Å². The van der Waals surface area contributed by atoms with Crippen LogP contribution in [-0.4, -0.2) is 35.3 Å². The van der Waals surface area contributed by atoms with Crippen LogP contribution < -0.4 is 10.6 Å². The predicted molar refractivity (Wildman–Crippen MR) is 106 cm³/mol. The highest BCUT2D eigenvalue weighted by molar-refractivity contribution is 5.73. The molecule has 1 aromatic carbocycles. The molecule has 2 rings (SSSR count). The molecule has 2 amide bonds. The van der Waals surface area contributed by atoms with E-state index in [0.29, 0.717) is 0 Å². The molecule has 2 atom stereocenters. The molecular weight excluding hydrogens is 326 g/mol. The van der Waals surface area contributed by atoms with Gasteiger partial charge in [0, 0.05) is 24.2 Å². The van der Waals surface area contributed by atoms with Crippen LogP contribution in [0, 0.1) is 0 Å². The largest absolute Gasteiger partial charge is 0.341 e. The van der Waals surface area contributed by atoms with E-state index < -0.39 is 0 Å². The third-order valence-corrected chi connectivity index (χ3v) is 5.76. The SMILES string of the molecule is CCC1(CC)CC(NC(=O)NC)CC(C)(C)N1OC(C)c1ccccc1. The molecule has 0 aromatic heterocycles. The Bertz CT molecular complexity index is 584. The first-order valence-electron chi connectivity index (χ1n) is 9.78. The Hall–Kier alpha value is -1.59. The lowest BCUT2D eigenvalue weighted by molar-refractivity contribution is -0.316. The summed E-state index contributed by atoms with van der Waals surface area (Å²) >= 11 is 0. The van der Waals surface area contributed by atoms with Crippen LogP contribution in [0.2, 0.25) is 0 Å². The van der Waals surface area contributed by atoms with E-state index in [1.54, 1.807) is 7.05 Å². The van der Waals surface area contributed by atoms with Crippen LogP contribution in [0.4, 0.5) is 4.79 Å². The van der Waals surface area contributed by atoms with Crippen molar-refractivity contribution in [3.05, 3.63) is 35.9 Å². The lowest BCUT2D eigenvalue weighted by Crippen LogP contribution is -2.66. The number of piperidine rings is 1. The van der Waals surface area contributed by atoms with Crippen molar-refractivity contribution in [3.63, 3.8) is 0 Å². The van der Waals surface area contributed by atoms with Gasteiger partial charge in [0.25, 0.3) is 0 Å². The second kappa shape index (κ2) is 8.40. The fourth-order valence-electron chi connectivity index (χ4n) is 4.32. The molecule has 0 spiro atoms. The number of urea groups is 1. The van der Waals surface area contributed by atoms with Gasteiger partial charge in [-0.2, -0.15) is 5.06 Å². The maximum atomic E-state index is 11.9. The van der Waals surface area contributed by atoms with Gasteiger partial charge in [-0.25, -0.2) is 4.79 Å². The van der Waals surface area contributed by atoms with Gasteiger partial charge < -0.3 is 10.6 Å². The van der Waals surface area contributed by atoms with E-state index in [0.717, 1.165) is 25.7 Å². The third kappa shape index (κ3) is 4.38. The lowest BCUT2D eigenvalue weighted by Gasteiger charge is -2.57. The van der Waals surface area contributed by atoms with Crippen molar-refractivity contribution in [1.82, 2.24) is 15.7 Å². The Morgan fingerprint density at radius 1 is 1.23 bits per heavy atom. The van der Waals surface area contributed by atoms with E-state index >= 15 is 0 Å². The monoisotopic (exact) mass is 361 g/mol. The van der Waals surface area contributed by atoms with Gasteiger partial charge in [0.05, 0.1) is 0 Å². The Labute approximate surface area is 158 Å². The smallest absolute Gasteiger partial charge is 0.314 e. The van der Waals surface area contributed by atoms with Crippen LogP contribution >= 0.6 is 0 Å². The molecule has 5 heteroatoms. The fraction of sp³-hybridized carbons (Fsp3) is 0.667. The minimum atomic E-state index is -0.182. The van der Waals surface area contributed by atoms with Crippen molar-refractivity contribution < 1.29 is 9.63 Å². The van der Waals surface area contributed by atoms with Gasteiger partial charge in [-0.3, -0.25) is 4.84 Å². The first kappa shape index (κ1) is 20.7. The molecule has 0 aliphatic carbocycles. The number of rotatable bonds is 6. The Morgan fingerprint density at radius 3 is 2.38 bits per heavy atom. The molecule has 1 heterocycles. The number of hydrogen-bond acceptors (Lipinski definition) is 3. The van der Waals surface area contributed by atoms with Gasteiger partial charge in [0.15, 0.2) is 0 Å². The maximum absolute atomic E-state index is 11.9. The molecule has 0 radical (unpaired) electrons. The number of hydrogen-bond donors (Lipinski definition) is 2. The number of nitrogens with one attached hydrogen (secondary N) is 2. The van der Waals surface area contributed by atoms with Gasteiger partial charge in [-0.05, 0) is 52.0 Å². The molecular formula is C21H35N3O2. The zero-order chi connectivity index (χ0) is 19.4. The topological polar surface area (TPSA) is 53.6 Å². The summed E-state index contributed by atoms with van der Waals surface area (Å²) in [5.41, 5.74) is 0.894. The average Bonchev–Trinajstić information content (AvgIpc) is 2.63. The summed E-state index contributed by atoms with van der Waals surface area (Å²) in [6.07, 6.45) is 3.67. The molecule has 1 fully saturated rings. The normalized spacial score (nSPS) is 23.2. The summed E-state index contributed by atoms with van der Waals surface area (Å²) in [6.45, 7) is 11.0. The van der Waals surface area contributed by atoms with Crippen LogP contribution in [0.25, 0.3) is 0 Å². The van der Waals surface area contributed by atoms with E-state index in [2.05, 4.69) is 62.4 Å². The summed E-state index contributed by atoms with van der Waals surface area (Å²) in [4.78, 5) is 18.4. The van der Waals surface area contributed by atoms with Crippen molar-refractivity contribution >= 4 is 6.03 Å². The zero-order valence-corrected chi connectivity index (χ0v) is 17.1. The van der Waals surface area contributed by atoms with Crippen molar-refractivity contribution in [3.8, 4) is 0 Å². The summed E-state index contributed by atoms with van der Waals surface area (Å²) in [7, 11) is 1.66. The van der Waals surface area contributed by atoms with Crippen molar-refractivity contribution in [2.45, 2.75) is 83.5 Å². The van der Waals surface area contributed by atoms with Gasteiger partial charge in [-0.1, -0.05) is 44.2 Å². The quantitative estimate of drug-likeness (QED) is 0.789. The van der Waals surface area contributed by atoms with E-state index in [9.17, 15) is 4.79 Å². The van der Waals surface area contributed by atoms with E-state index in [4.69, 9.17) is 4.84 Å². The summed E-state index contributed by atoms with van der Waals surface area (Å²) in [5, 5.41) is 8.03. The average molecular weight is 362 g/mol. The summed E-state index contributed by atoms with van der Waals surface area (Å²) in [6, 6.07) is 10.4. The molecule has 1 aliphatic heterocycles. The second-order valence-corrected chi connectivity index (χ2v) is 8.03. The Kier molecular flexibility index (Phi) is 6.69. The molecule has 1 aromatic rings. The lowest BCUT2D eigenvalue weighted by atomic mass is 9.74. The number of nitrogens with zero attached hydrogens (tertiary/aromatic N) is 1. The van der Waals surface area contributed by atoms with E-state index in [-0.39, 0.29) is 29.3 Å². The van der Waals surface area contributed by atoms with Crippen LogP contribution in [0.5, 0.6) is 0 Å². The first-order valence-corrected chi connectivity index (χ1v) is 9.78. The highest BCUT2D eigenvalue weighted by Gasteiger charge is 2.50. The predicted octanol–water partition coefficient (Wildman–Crippen LogP) is 4.41. The second-order valence-electron chi connectivity index (χ2n) is 8.03. The van der Waals surface area contributed by atoms with Gasteiger partial charge in [0.1, 0.15) is 6.10 Å². The maximum Gasteiger partial charge on any atom is 0.314 e. The Balaban J connectivity index is 2.26. The van der Waals surface area contributed by atoms with Crippen LogP contribution in [0.3, 0.4) is 0 Å². The van der Waals surface area contributed by atoms with Crippen molar-refractivity contribution in [2.24, 2.45) is 0 Å². The highest BCUT2D eigenvalue weighted by atomic mass is 16.7. The van der Waals surface area contributed by atoms with Crippen LogP contribution in [0.1, 0.15) is 72.0 Å². The number of hydroxylamine groups is 2. The number of benzene rings is 1. The third-order valence-electron chi connectivity index (χ3n) is 5.76.